The van der Waals surface area contributed by atoms with E-state index in [9.17, 15) is 4.79 Å². The molecule has 0 saturated carbocycles. The number of amides is 1. The van der Waals surface area contributed by atoms with E-state index in [1.165, 1.54) is 0 Å². The zero-order valence-corrected chi connectivity index (χ0v) is 11.4. The number of nitrogens with two attached hydrogens (primary N) is 1. The number of hydrogen-bond acceptors (Lipinski definition) is 4. The second-order valence-electron chi connectivity index (χ2n) is 5.08. The van der Waals surface area contributed by atoms with Crippen molar-refractivity contribution < 1.29 is 4.79 Å². The highest BCUT2D eigenvalue weighted by Crippen LogP contribution is 2.17. The van der Waals surface area contributed by atoms with Gasteiger partial charge in [0.2, 0.25) is 5.91 Å². The number of carbonyl (C=O) groups is 1. The fourth-order valence-electron chi connectivity index (χ4n) is 2.45. The quantitative estimate of drug-likeness (QED) is 0.415. The van der Waals surface area contributed by atoms with E-state index in [1.54, 1.807) is 0 Å². The van der Waals surface area contributed by atoms with Crippen LogP contribution < -0.4 is 11.3 Å². The summed E-state index contributed by atoms with van der Waals surface area (Å²) in [5.41, 5.74) is 2.24. The van der Waals surface area contributed by atoms with Crippen LogP contribution in [0, 0.1) is 5.92 Å². The molecule has 100 valence electrons. The topological polar surface area (TPSA) is 61.6 Å². The highest BCUT2D eigenvalue weighted by Gasteiger charge is 2.30. The summed E-state index contributed by atoms with van der Waals surface area (Å²) < 4.78 is 0. The van der Waals surface area contributed by atoms with Crippen molar-refractivity contribution in [1.82, 2.24) is 15.2 Å². The van der Waals surface area contributed by atoms with Gasteiger partial charge in [0, 0.05) is 31.7 Å². The van der Waals surface area contributed by atoms with Gasteiger partial charge in [-0.3, -0.25) is 15.1 Å². The second kappa shape index (κ2) is 6.33. The molecule has 5 nitrogen and oxygen atoms in total. The second-order valence-corrected chi connectivity index (χ2v) is 5.08. The molecule has 1 heterocycles. The lowest BCUT2D eigenvalue weighted by molar-refractivity contribution is -0.127. The van der Waals surface area contributed by atoms with E-state index < -0.39 is 0 Å². The summed E-state index contributed by atoms with van der Waals surface area (Å²) in [6.45, 7) is 9.39. The smallest absolute Gasteiger partial charge is 0.238 e. The van der Waals surface area contributed by atoms with E-state index in [1.807, 2.05) is 6.92 Å². The molecule has 1 amide bonds. The third-order valence-electron chi connectivity index (χ3n) is 4.14. The summed E-state index contributed by atoms with van der Waals surface area (Å²) in [5, 5.41) is 0. The van der Waals surface area contributed by atoms with Gasteiger partial charge < -0.3 is 4.90 Å². The lowest BCUT2D eigenvalue weighted by Gasteiger charge is -2.43. The van der Waals surface area contributed by atoms with Gasteiger partial charge in [-0.1, -0.05) is 13.8 Å². The first kappa shape index (κ1) is 14.4. The third kappa shape index (κ3) is 3.40. The van der Waals surface area contributed by atoms with Crippen LogP contribution >= 0.6 is 0 Å². The molecule has 1 saturated heterocycles. The van der Waals surface area contributed by atoms with Gasteiger partial charge in [0.1, 0.15) is 0 Å². The van der Waals surface area contributed by atoms with Gasteiger partial charge in [0.15, 0.2) is 0 Å². The molecular weight excluding hydrogens is 216 g/mol. The molecule has 1 aliphatic heterocycles. The number of likely N-dealkylation sites (N-methyl/N-ethyl adjacent to an activating group) is 1. The number of rotatable bonds is 4. The van der Waals surface area contributed by atoms with Crippen molar-refractivity contribution in [2.75, 3.05) is 26.7 Å². The molecule has 0 bridgehead atoms. The molecule has 1 fully saturated rings. The molecule has 3 atom stereocenters. The van der Waals surface area contributed by atoms with Crippen molar-refractivity contribution in [2.45, 2.75) is 39.3 Å². The van der Waals surface area contributed by atoms with Crippen molar-refractivity contribution in [2.24, 2.45) is 11.8 Å². The molecule has 1 aliphatic rings. The first-order valence-corrected chi connectivity index (χ1v) is 6.46. The summed E-state index contributed by atoms with van der Waals surface area (Å²) >= 11 is 0. The van der Waals surface area contributed by atoms with Crippen LogP contribution in [0.2, 0.25) is 0 Å². The van der Waals surface area contributed by atoms with E-state index in [2.05, 4.69) is 36.1 Å². The Kier molecular flexibility index (Phi) is 5.36. The molecule has 5 heteroatoms. The van der Waals surface area contributed by atoms with Gasteiger partial charge in [-0.2, -0.15) is 0 Å². The van der Waals surface area contributed by atoms with E-state index >= 15 is 0 Å². The van der Waals surface area contributed by atoms with Crippen molar-refractivity contribution >= 4 is 5.91 Å². The van der Waals surface area contributed by atoms with Crippen molar-refractivity contribution in [3.05, 3.63) is 0 Å². The van der Waals surface area contributed by atoms with Crippen molar-refractivity contribution in [3.8, 4) is 0 Å². The minimum Gasteiger partial charge on any atom is -0.301 e. The zero-order chi connectivity index (χ0) is 13.0. The molecule has 3 unspecified atom stereocenters. The Morgan fingerprint density at radius 3 is 2.65 bits per heavy atom. The molecule has 17 heavy (non-hydrogen) atoms. The number of nitrogens with zero attached hydrogens (tertiary/aromatic N) is 2. The maximum Gasteiger partial charge on any atom is 0.238 e. The Bertz CT molecular complexity index is 259. The summed E-state index contributed by atoms with van der Waals surface area (Å²) in [7, 11) is 2.17. The Labute approximate surface area is 104 Å². The minimum atomic E-state index is -0.0792. The van der Waals surface area contributed by atoms with Crippen LogP contribution in [-0.2, 0) is 4.79 Å². The average Bonchev–Trinajstić information content (AvgIpc) is 2.36. The fourth-order valence-corrected chi connectivity index (χ4v) is 2.45. The maximum atomic E-state index is 11.5. The highest BCUT2D eigenvalue weighted by atomic mass is 16.2. The predicted molar refractivity (Wildman–Crippen MR) is 69.2 cm³/mol. The fraction of sp³-hybridized carbons (Fsp3) is 0.917. The third-order valence-corrected chi connectivity index (χ3v) is 4.14. The molecule has 1 rings (SSSR count). The highest BCUT2D eigenvalue weighted by molar-refractivity contribution is 5.78. The number of nitrogens with one attached hydrogen (secondary N) is 1. The molecular formula is C12H26N4O. The van der Waals surface area contributed by atoms with Crippen LogP contribution in [0.1, 0.15) is 27.2 Å². The first-order valence-electron chi connectivity index (χ1n) is 6.46. The van der Waals surface area contributed by atoms with Crippen LogP contribution in [0.15, 0.2) is 0 Å². The van der Waals surface area contributed by atoms with Crippen molar-refractivity contribution in [3.63, 3.8) is 0 Å². The van der Waals surface area contributed by atoms with Crippen molar-refractivity contribution in [1.29, 1.82) is 0 Å². The Morgan fingerprint density at radius 1 is 1.47 bits per heavy atom. The lowest BCUT2D eigenvalue weighted by atomic mass is 9.99. The number of carbonyl (C=O) groups excluding carboxylic acids is 1. The molecule has 0 radical (unpaired) electrons. The molecule has 3 N–H and O–H groups in total. The molecule has 0 aromatic carbocycles. The van der Waals surface area contributed by atoms with Gasteiger partial charge >= 0.3 is 0 Å². The monoisotopic (exact) mass is 242 g/mol. The Hall–Kier alpha value is -0.650. The van der Waals surface area contributed by atoms with Crippen LogP contribution in [0.5, 0.6) is 0 Å². The standard InChI is InChI=1S/C12H26N4O/c1-5-11-8-16(7-6-15(11)4)10(3)9(2)12(17)14-13/h9-11H,5-8,13H2,1-4H3,(H,14,17). The zero-order valence-electron chi connectivity index (χ0n) is 11.4. The predicted octanol–water partition coefficient (Wildman–Crippen LogP) is 0.0269. The minimum absolute atomic E-state index is 0.0686. The van der Waals surface area contributed by atoms with Crippen LogP contribution in [0.25, 0.3) is 0 Å². The van der Waals surface area contributed by atoms with Crippen LogP contribution in [-0.4, -0.2) is 54.5 Å². The first-order chi connectivity index (χ1) is 8.01. The summed E-state index contributed by atoms with van der Waals surface area (Å²) in [4.78, 5) is 16.3. The SMILES string of the molecule is CCC1CN(C(C)C(C)C(=O)NN)CCN1C. The van der Waals surface area contributed by atoms with E-state index in [4.69, 9.17) is 5.84 Å². The van der Waals surface area contributed by atoms with Gasteiger partial charge in [-0.15, -0.1) is 0 Å². The van der Waals surface area contributed by atoms with E-state index in [-0.39, 0.29) is 17.9 Å². The normalized spacial score (nSPS) is 26.5. The Morgan fingerprint density at radius 2 is 2.12 bits per heavy atom. The Balaban J connectivity index is 2.58. The van der Waals surface area contributed by atoms with E-state index in [0.29, 0.717) is 6.04 Å². The average molecular weight is 242 g/mol. The molecule has 0 aliphatic carbocycles. The van der Waals surface area contributed by atoms with Gasteiger partial charge in [0.25, 0.3) is 0 Å². The van der Waals surface area contributed by atoms with E-state index in [0.717, 1.165) is 26.1 Å². The largest absolute Gasteiger partial charge is 0.301 e. The lowest BCUT2D eigenvalue weighted by Crippen LogP contribution is -2.56. The molecule has 0 aromatic heterocycles. The number of hydrazine groups is 1. The maximum absolute atomic E-state index is 11.5. The van der Waals surface area contributed by atoms with Gasteiger partial charge in [-0.25, -0.2) is 5.84 Å². The molecule has 0 spiro atoms. The molecule has 0 aromatic rings. The number of piperazine rings is 1. The van der Waals surface area contributed by atoms with Gasteiger partial charge in [0.05, 0.1) is 5.92 Å². The summed E-state index contributed by atoms with van der Waals surface area (Å²) in [6.07, 6.45) is 1.15. The summed E-state index contributed by atoms with van der Waals surface area (Å²) in [5.74, 6) is 5.04. The summed E-state index contributed by atoms with van der Waals surface area (Å²) in [6, 6.07) is 0.834. The van der Waals surface area contributed by atoms with Gasteiger partial charge in [-0.05, 0) is 20.4 Å². The van der Waals surface area contributed by atoms with Crippen LogP contribution in [0.3, 0.4) is 0 Å². The van der Waals surface area contributed by atoms with Crippen LogP contribution in [0.4, 0.5) is 0 Å². The number of hydrogen-bond donors (Lipinski definition) is 2.